The SMILES string of the molecule is C#CCN1CCOC[C@H]1CO. The van der Waals surface area contributed by atoms with E-state index in [1.165, 1.54) is 0 Å². The Bertz CT molecular complexity index is 153. The van der Waals surface area contributed by atoms with E-state index in [-0.39, 0.29) is 12.6 Å². The Morgan fingerprint density at radius 1 is 1.73 bits per heavy atom. The van der Waals surface area contributed by atoms with Crippen molar-refractivity contribution in [2.24, 2.45) is 0 Å². The highest BCUT2D eigenvalue weighted by Gasteiger charge is 2.20. The zero-order valence-electron chi connectivity index (χ0n) is 6.49. The first-order valence-corrected chi connectivity index (χ1v) is 3.74. The van der Waals surface area contributed by atoms with E-state index in [1.54, 1.807) is 0 Å². The summed E-state index contributed by atoms with van der Waals surface area (Å²) in [6.45, 7) is 2.88. The van der Waals surface area contributed by atoms with Crippen LogP contribution in [0.5, 0.6) is 0 Å². The van der Waals surface area contributed by atoms with Crippen molar-refractivity contribution in [3.8, 4) is 12.3 Å². The topological polar surface area (TPSA) is 32.7 Å². The first kappa shape index (κ1) is 8.54. The molecule has 1 aliphatic heterocycles. The summed E-state index contributed by atoms with van der Waals surface area (Å²) in [5.41, 5.74) is 0. The molecular weight excluding hydrogens is 142 g/mol. The second-order valence-electron chi connectivity index (χ2n) is 2.59. The smallest absolute Gasteiger partial charge is 0.0645 e. The fraction of sp³-hybridized carbons (Fsp3) is 0.750. The first-order valence-electron chi connectivity index (χ1n) is 3.74. The van der Waals surface area contributed by atoms with Crippen LogP contribution in [0.25, 0.3) is 0 Å². The van der Waals surface area contributed by atoms with Gasteiger partial charge in [0.1, 0.15) is 0 Å². The highest BCUT2D eigenvalue weighted by Crippen LogP contribution is 2.04. The fourth-order valence-corrected chi connectivity index (χ4v) is 1.18. The van der Waals surface area contributed by atoms with Gasteiger partial charge >= 0.3 is 0 Å². The number of aliphatic hydroxyl groups is 1. The van der Waals surface area contributed by atoms with E-state index in [0.717, 1.165) is 13.2 Å². The normalized spacial score (nSPS) is 26.4. The van der Waals surface area contributed by atoms with Crippen LogP contribution in [0, 0.1) is 12.3 Å². The minimum Gasteiger partial charge on any atom is -0.395 e. The van der Waals surface area contributed by atoms with Crippen LogP contribution in [0.1, 0.15) is 0 Å². The molecule has 0 aromatic carbocycles. The van der Waals surface area contributed by atoms with Crippen molar-refractivity contribution < 1.29 is 9.84 Å². The number of hydrogen-bond donors (Lipinski definition) is 1. The number of hydrogen-bond acceptors (Lipinski definition) is 3. The van der Waals surface area contributed by atoms with Gasteiger partial charge in [0.15, 0.2) is 0 Å². The summed E-state index contributed by atoms with van der Waals surface area (Å²) in [5, 5.41) is 8.90. The Labute approximate surface area is 67.0 Å². The first-order chi connectivity index (χ1) is 5.38. The van der Waals surface area contributed by atoms with Crippen LogP contribution in [-0.4, -0.2) is 49.0 Å². The molecule has 62 valence electrons. The second-order valence-corrected chi connectivity index (χ2v) is 2.59. The summed E-state index contributed by atoms with van der Waals surface area (Å²) in [7, 11) is 0. The molecule has 11 heavy (non-hydrogen) atoms. The lowest BCUT2D eigenvalue weighted by Crippen LogP contribution is -2.47. The molecule has 1 N–H and O–H groups in total. The average Bonchev–Trinajstić information content (AvgIpc) is 2.06. The number of rotatable bonds is 2. The van der Waals surface area contributed by atoms with E-state index >= 15 is 0 Å². The zero-order valence-corrected chi connectivity index (χ0v) is 6.49. The molecule has 0 saturated carbocycles. The summed E-state index contributed by atoms with van der Waals surface area (Å²) in [6, 6.07) is 0.0970. The van der Waals surface area contributed by atoms with Gasteiger partial charge in [-0.25, -0.2) is 0 Å². The van der Waals surface area contributed by atoms with Gasteiger partial charge in [-0.1, -0.05) is 5.92 Å². The summed E-state index contributed by atoms with van der Waals surface area (Å²) >= 11 is 0. The van der Waals surface area contributed by atoms with Crippen LogP contribution < -0.4 is 0 Å². The summed E-state index contributed by atoms with van der Waals surface area (Å²) < 4.78 is 5.18. The molecule has 0 radical (unpaired) electrons. The maximum absolute atomic E-state index is 8.90. The second kappa shape index (κ2) is 4.35. The van der Waals surface area contributed by atoms with E-state index in [9.17, 15) is 0 Å². The Hall–Kier alpha value is -0.560. The van der Waals surface area contributed by atoms with Gasteiger partial charge in [0.25, 0.3) is 0 Å². The minimum atomic E-state index is 0.0970. The van der Waals surface area contributed by atoms with Crippen LogP contribution in [0.15, 0.2) is 0 Å². The van der Waals surface area contributed by atoms with Gasteiger partial charge in [-0.15, -0.1) is 6.42 Å². The van der Waals surface area contributed by atoms with Crippen molar-refractivity contribution in [3.63, 3.8) is 0 Å². The highest BCUT2D eigenvalue weighted by molar-refractivity contribution is 4.91. The zero-order chi connectivity index (χ0) is 8.10. The highest BCUT2D eigenvalue weighted by atomic mass is 16.5. The molecule has 1 atom stereocenters. The lowest BCUT2D eigenvalue weighted by atomic mass is 10.2. The van der Waals surface area contributed by atoms with Crippen LogP contribution >= 0.6 is 0 Å². The third kappa shape index (κ3) is 2.19. The third-order valence-electron chi connectivity index (χ3n) is 1.85. The Morgan fingerprint density at radius 2 is 2.55 bits per heavy atom. The fourth-order valence-electron chi connectivity index (χ4n) is 1.18. The van der Waals surface area contributed by atoms with E-state index in [1.807, 2.05) is 0 Å². The van der Waals surface area contributed by atoms with Gasteiger partial charge in [-0.2, -0.15) is 0 Å². The molecule has 0 aliphatic carbocycles. The summed E-state index contributed by atoms with van der Waals surface area (Å²) in [4.78, 5) is 2.06. The van der Waals surface area contributed by atoms with Crippen LogP contribution in [-0.2, 0) is 4.74 Å². The largest absolute Gasteiger partial charge is 0.395 e. The molecule has 1 rings (SSSR count). The summed E-state index contributed by atoms with van der Waals surface area (Å²) in [5.74, 6) is 2.56. The van der Waals surface area contributed by atoms with E-state index in [4.69, 9.17) is 16.3 Å². The van der Waals surface area contributed by atoms with E-state index < -0.39 is 0 Å². The van der Waals surface area contributed by atoms with E-state index in [2.05, 4.69) is 10.8 Å². The molecule has 1 saturated heterocycles. The molecule has 0 bridgehead atoms. The van der Waals surface area contributed by atoms with E-state index in [0.29, 0.717) is 13.2 Å². The lowest BCUT2D eigenvalue weighted by Gasteiger charge is -2.32. The van der Waals surface area contributed by atoms with Crippen molar-refractivity contribution >= 4 is 0 Å². The van der Waals surface area contributed by atoms with Crippen molar-refractivity contribution in [2.45, 2.75) is 6.04 Å². The minimum absolute atomic E-state index is 0.0970. The molecule has 0 amide bonds. The molecule has 0 aromatic rings. The molecule has 0 spiro atoms. The van der Waals surface area contributed by atoms with Crippen molar-refractivity contribution in [1.82, 2.24) is 4.90 Å². The standard InChI is InChI=1S/C8H13NO2/c1-2-3-9-4-5-11-7-8(9)6-10/h1,8,10H,3-7H2/t8-/m1/s1. The third-order valence-corrected chi connectivity index (χ3v) is 1.85. The van der Waals surface area contributed by atoms with Crippen molar-refractivity contribution in [1.29, 1.82) is 0 Å². The quantitative estimate of drug-likeness (QED) is 0.536. The van der Waals surface area contributed by atoms with Crippen LogP contribution in [0.2, 0.25) is 0 Å². The van der Waals surface area contributed by atoms with Gasteiger partial charge in [0.05, 0.1) is 32.4 Å². The average molecular weight is 155 g/mol. The number of aliphatic hydroxyl groups excluding tert-OH is 1. The van der Waals surface area contributed by atoms with Gasteiger partial charge < -0.3 is 9.84 Å². The number of terminal acetylenes is 1. The molecule has 3 heteroatoms. The van der Waals surface area contributed by atoms with Crippen molar-refractivity contribution in [3.05, 3.63) is 0 Å². The molecule has 1 aliphatic rings. The number of ether oxygens (including phenoxy) is 1. The Balaban J connectivity index is 2.39. The maximum Gasteiger partial charge on any atom is 0.0645 e. The Kier molecular flexibility index (Phi) is 3.37. The predicted octanol–water partition coefficient (Wildman–Crippen LogP) is -0.687. The maximum atomic E-state index is 8.90. The molecule has 0 aromatic heterocycles. The molecule has 3 nitrogen and oxygen atoms in total. The van der Waals surface area contributed by atoms with Crippen molar-refractivity contribution in [2.75, 3.05) is 32.9 Å². The van der Waals surface area contributed by atoms with Gasteiger partial charge in [-0.05, 0) is 0 Å². The molecular formula is C8H13NO2. The lowest BCUT2D eigenvalue weighted by molar-refractivity contribution is -0.0210. The van der Waals surface area contributed by atoms with Crippen LogP contribution in [0.4, 0.5) is 0 Å². The molecule has 0 unspecified atom stereocenters. The molecule has 1 fully saturated rings. The monoisotopic (exact) mass is 155 g/mol. The molecule has 1 heterocycles. The predicted molar refractivity (Wildman–Crippen MR) is 42.1 cm³/mol. The van der Waals surface area contributed by atoms with Gasteiger partial charge in [0, 0.05) is 6.54 Å². The number of nitrogens with zero attached hydrogens (tertiary/aromatic N) is 1. The van der Waals surface area contributed by atoms with Gasteiger partial charge in [0.2, 0.25) is 0 Å². The number of morpholine rings is 1. The van der Waals surface area contributed by atoms with Crippen LogP contribution in [0.3, 0.4) is 0 Å². The van der Waals surface area contributed by atoms with Gasteiger partial charge in [-0.3, -0.25) is 4.90 Å². The summed E-state index contributed by atoms with van der Waals surface area (Å²) in [6.07, 6.45) is 5.16. The Morgan fingerprint density at radius 3 is 3.18 bits per heavy atom.